The predicted molar refractivity (Wildman–Crippen MR) is 79.9 cm³/mol. The van der Waals surface area contributed by atoms with Gasteiger partial charge in [0.05, 0.1) is 10.4 Å². The van der Waals surface area contributed by atoms with Crippen LogP contribution in [-0.4, -0.2) is 13.4 Å². The number of benzene rings is 1. The number of rotatable bonds is 4. The molecule has 2 aromatic heterocycles. The highest BCUT2D eigenvalue weighted by atomic mass is 32.2. The van der Waals surface area contributed by atoms with Crippen molar-refractivity contribution in [1.29, 1.82) is 0 Å². The Morgan fingerprint density at radius 1 is 1.29 bits per heavy atom. The van der Waals surface area contributed by atoms with Gasteiger partial charge in [0.2, 0.25) is 10.0 Å². The van der Waals surface area contributed by atoms with Crippen molar-refractivity contribution in [1.82, 2.24) is 9.71 Å². The van der Waals surface area contributed by atoms with E-state index >= 15 is 0 Å². The second-order valence-corrected chi connectivity index (χ2v) is 7.65. The van der Waals surface area contributed by atoms with Crippen molar-refractivity contribution in [3.8, 4) is 0 Å². The lowest BCUT2D eigenvalue weighted by molar-refractivity contribution is 0.553. The van der Waals surface area contributed by atoms with Gasteiger partial charge in [-0.1, -0.05) is 0 Å². The summed E-state index contributed by atoms with van der Waals surface area (Å²) in [4.78, 5) is 15.7. The summed E-state index contributed by atoms with van der Waals surface area (Å²) in [7, 11) is -3.65. The van der Waals surface area contributed by atoms with Crippen molar-refractivity contribution in [2.75, 3.05) is 0 Å². The van der Waals surface area contributed by atoms with Gasteiger partial charge in [0, 0.05) is 22.4 Å². The zero-order valence-corrected chi connectivity index (χ0v) is 12.7. The lowest BCUT2D eigenvalue weighted by Crippen LogP contribution is -2.22. The number of nitrogens with one attached hydrogen (secondary N) is 2. The Hall–Kier alpha value is -1.90. The summed E-state index contributed by atoms with van der Waals surface area (Å²) in [6, 6.07) is 8.08. The molecule has 21 heavy (non-hydrogen) atoms. The third-order valence-corrected chi connectivity index (χ3v) is 5.33. The summed E-state index contributed by atoms with van der Waals surface area (Å²) in [5.41, 5.74) is 0.683. The highest BCUT2D eigenvalue weighted by Crippen LogP contribution is 2.18. The highest BCUT2D eigenvalue weighted by Gasteiger charge is 2.16. The second-order valence-electron chi connectivity index (χ2n) is 4.51. The van der Waals surface area contributed by atoms with Gasteiger partial charge in [-0.2, -0.15) is 0 Å². The first-order valence-electron chi connectivity index (χ1n) is 6.12. The van der Waals surface area contributed by atoms with Crippen LogP contribution in [0.4, 0.5) is 0 Å². The summed E-state index contributed by atoms with van der Waals surface area (Å²) < 4.78 is 31.9. The van der Waals surface area contributed by atoms with E-state index in [1.165, 1.54) is 29.5 Å². The van der Waals surface area contributed by atoms with Gasteiger partial charge in [0.15, 0.2) is 5.58 Å². The van der Waals surface area contributed by atoms with E-state index in [0.29, 0.717) is 5.52 Å². The maximum Gasteiger partial charge on any atom is 0.417 e. The van der Waals surface area contributed by atoms with Crippen molar-refractivity contribution >= 4 is 32.5 Å². The van der Waals surface area contributed by atoms with Gasteiger partial charge in [-0.3, -0.25) is 4.98 Å². The van der Waals surface area contributed by atoms with Gasteiger partial charge in [-0.05, 0) is 31.2 Å². The van der Waals surface area contributed by atoms with Crippen LogP contribution in [0.25, 0.3) is 11.1 Å². The molecule has 3 rings (SSSR count). The summed E-state index contributed by atoms with van der Waals surface area (Å²) in [6.45, 7) is 2.19. The zero-order chi connectivity index (χ0) is 15.0. The molecule has 2 N–H and O–H groups in total. The smallest absolute Gasteiger partial charge is 0.408 e. The Bertz CT molecular complexity index is 950. The van der Waals surface area contributed by atoms with Crippen LogP contribution in [0.2, 0.25) is 0 Å². The molecule has 0 amide bonds. The van der Waals surface area contributed by atoms with Gasteiger partial charge in [-0.15, -0.1) is 11.3 Å². The van der Waals surface area contributed by atoms with Crippen molar-refractivity contribution in [3.63, 3.8) is 0 Å². The molecule has 0 atom stereocenters. The van der Waals surface area contributed by atoms with Crippen molar-refractivity contribution in [2.45, 2.75) is 18.4 Å². The Balaban J connectivity index is 1.86. The summed E-state index contributed by atoms with van der Waals surface area (Å²) in [6.07, 6.45) is 0. The van der Waals surface area contributed by atoms with Crippen LogP contribution in [0.3, 0.4) is 0 Å². The van der Waals surface area contributed by atoms with Gasteiger partial charge in [-0.25, -0.2) is 17.9 Å². The fourth-order valence-corrected chi connectivity index (χ4v) is 3.87. The molecule has 0 saturated carbocycles. The maximum atomic E-state index is 12.2. The molecule has 110 valence electrons. The third-order valence-electron chi connectivity index (χ3n) is 2.94. The summed E-state index contributed by atoms with van der Waals surface area (Å²) in [5, 5.41) is 0. The number of oxazole rings is 1. The van der Waals surface area contributed by atoms with E-state index in [2.05, 4.69) is 9.71 Å². The van der Waals surface area contributed by atoms with Crippen LogP contribution in [0.15, 0.2) is 44.4 Å². The molecule has 3 aromatic rings. The van der Waals surface area contributed by atoms with E-state index in [-0.39, 0.29) is 17.0 Å². The van der Waals surface area contributed by atoms with Crippen molar-refractivity contribution < 1.29 is 12.8 Å². The number of aryl methyl sites for hydroxylation is 1. The average molecular weight is 324 g/mol. The van der Waals surface area contributed by atoms with E-state index in [1.54, 1.807) is 0 Å². The molecule has 0 fully saturated rings. The molecule has 0 aliphatic carbocycles. The zero-order valence-electron chi connectivity index (χ0n) is 11.0. The highest BCUT2D eigenvalue weighted by molar-refractivity contribution is 7.89. The maximum absolute atomic E-state index is 12.2. The van der Waals surface area contributed by atoms with E-state index in [9.17, 15) is 13.2 Å². The molecule has 0 saturated heterocycles. The first-order chi connectivity index (χ1) is 9.94. The van der Waals surface area contributed by atoms with E-state index in [0.717, 1.165) is 9.75 Å². The standard InChI is InChI=1S/C13H12N2O4S2/c1-8-2-3-9(20-8)7-14-21(17,18)10-4-5-11-12(6-10)19-13(16)15-11/h2-6,14H,7H2,1H3,(H,15,16). The molecule has 0 aliphatic heterocycles. The van der Waals surface area contributed by atoms with Crippen LogP contribution >= 0.6 is 11.3 Å². The largest absolute Gasteiger partial charge is 0.417 e. The first kappa shape index (κ1) is 14.1. The summed E-state index contributed by atoms with van der Waals surface area (Å²) in [5.74, 6) is -0.610. The SMILES string of the molecule is Cc1ccc(CNS(=O)(=O)c2ccc3[nH]c(=O)oc3c2)s1. The first-order valence-corrected chi connectivity index (χ1v) is 8.42. The monoisotopic (exact) mass is 324 g/mol. The van der Waals surface area contributed by atoms with E-state index in [4.69, 9.17) is 4.42 Å². The number of thiophene rings is 1. The lowest BCUT2D eigenvalue weighted by atomic mass is 10.3. The number of sulfonamides is 1. The molecule has 1 aromatic carbocycles. The second kappa shape index (κ2) is 5.14. The van der Waals surface area contributed by atoms with Crippen molar-refractivity contribution in [2.24, 2.45) is 0 Å². The minimum Gasteiger partial charge on any atom is -0.408 e. The summed E-state index contributed by atoms with van der Waals surface area (Å²) >= 11 is 1.54. The fourth-order valence-electron chi connectivity index (χ4n) is 1.92. The molecular weight excluding hydrogens is 312 g/mol. The number of fused-ring (bicyclic) bond motifs is 1. The lowest BCUT2D eigenvalue weighted by Gasteiger charge is -2.05. The molecule has 0 aliphatic rings. The Morgan fingerprint density at radius 2 is 2.10 bits per heavy atom. The van der Waals surface area contributed by atoms with Crippen LogP contribution < -0.4 is 10.5 Å². The van der Waals surface area contributed by atoms with Crippen LogP contribution in [0.1, 0.15) is 9.75 Å². The topological polar surface area (TPSA) is 92.2 Å². The van der Waals surface area contributed by atoms with E-state index < -0.39 is 15.8 Å². The molecule has 8 heteroatoms. The van der Waals surface area contributed by atoms with Gasteiger partial charge in [0.25, 0.3) is 0 Å². The molecule has 0 bridgehead atoms. The van der Waals surface area contributed by atoms with Crippen LogP contribution in [0.5, 0.6) is 0 Å². The number of hydrogen-bond donors (Lipinski definition) is 2. The Morgan fingerprint density at radius 3 is 2.81 bits per heavy atom. The number of aromatic amines is 1. The number of hydrogen-bond acceptors (Lipinski definition) is 5. The normalized spacial score (nSPS) is 12.0. The third kappa shape index (κ3) is 2.92. The van der Waals surface area contributed by atoms with Crippen LogP contribution in [0, 0.1) is 6.92 Å². The van der Waals surface area contributed by atoms with Gasteiger partial charge < -0.3 is 4.42 Å². The molecule has 2 heterocycles. The molecule has 6 nitrogen and oxygen atoms in total. The molecule has 0 spiro atoms. The quantitative estimate of drug-likeness (QED) is 0.767. The number of aromatic nitrogens is 1. The van der Waals surface area contributed by atoms with Gasteiger partial charge in [0.1, 0.15) is 0 Å². The minimum atomic E-state index is -3.65. The predicted octanol–water partition coefficient (Wildman–Crippen LogP) is 1.97. The van der Waals surface area contributed by atoms with Gasteiger partial charge >= 0.3 is 5.76 Å². The molecule has 0 unspecified atom stereocenters. The number of H-pyrrole nitrogens is 1. The minimum absolute atomic E-state index is 0.0611. The average Bonchev–Trinajstić information content (AvgIpc) is 3.00. The van der Waals surface area contributed by atoms with Crippen molar-refractivity contribution in [3.05, 3.63) is 50.6 Å². The van der Waals surface area contributed by atoms with E-state index in [1.807, 2.05) is 19.1 Å². The van der Waals surface area contributed by atoms with Crippen LogP contribution in [-0.2, 0) is 16.6 Å². The molecule has 0 radical (unpaired) electrons. The Labute approximate surface area is 124 Å². The fraction of sp³-hybridized carbons (Fsp3) is 0.154. The Kier molecular flexibility index (Phi) is 3.44. The molecular formula is C13H12N2O4S2.